The van der Waals surface area contributed by atoms with Gasteiger partial charge in [0.1, 0.15) is 0 Å². The lowest BCUT2D eigenvalue weighted by atomic mass is 10.3. The van der Waals surface area contributed by atoms with E-state index in [1.165, 1.54) is 37.6 Å². The summed E-state index contributed by atoms with van der Waals surface area (Å²) >= 11 is 1.82. The average Bonchev–Trinajstić information content (AvgIpc) is 3.09. The molecule has 2 N–H and O–H groups in total. The number of thiophene rings is 1. The van der Waals surface area contributed by atoms with E-state index in [4.69, 9.17) is 4.99 Å². The predicted molar refractivity (Wildman–Crippen MR) is 116 cm³/mol. The molecule has 7 heteroatoms. The van der Waals surface area contributed by atoms with Crippen LogP contribution in [-0.4, -0.2) is 74.7 Å². The molecule has 1 aromatic rings. The van der Waals surface area contributed by atoms with Crippen LogP contribution < -0.4 is 10.6 Å². The standard InChI is InChI=1S/C17H31N5S.HI/c1-3-18-17(19-8-7-16-6-5-15-23-16)20-9-10-22-13-11-21(4-2)12-14-22;/h5-6,15H,3-4,7-14H2,1-2H3,(H2,18,19,20);1H. The Bertz CT molecular complexity index is 444. The number of guanidine groups is 1. The van der Waals surface area contributed by atoms with Crippen molar-refractivity contribution >= 4 is 41.3 Å². The first-order valence-electron chi connectivity index (χ1n) is 8.81. The lowest BCUT2D eigenvalue weighted by molar-refractivity contribution is 0.140. The van der Waals surface area contributed by atoms with Crippen molar-refractivity contribution in [1.29, 1.82) is 0 Å². The molecule has 1 fully saturated rings. The van der Waals surface area contributed by atoms with Crippen LogP contribution in [0.3, 0.4) is 0 Å². The Morgan fingerprint density at radius 1 is 1.17 bits per heavy atom. The van der Waals surface area contributed by atoms with E-state index >= 15 is 0 Å². The van der Waals surface area contributed by atoms with Gasteiger partial charge in [-0.15, -0.1) is 35.3 Å². The van der Waals surface area contributed by atoms with Crippen molar-refractivity contribution < 1.29 is 0 Å². The molecule has 1 aliphatic heterocycles. The predicted octanol–water partition coefficient (Wildman–Crippen LogP) is 2.10. The maximum atomic E-state index is 4.71. The summed E-state index contributed by atoms with van der Waals surface area (Å²) in [6.07, 6.45) is 1.06. The van der Waals surface area contributed by atoms with E-state index in [1.54, 1.807) is 0 Å². The van der Waals surface area contributed by atoms with Crippen LogP contribution in [0.2, 0.25) is 0 Å². The van der Waals surface area contributed by atoms with Gasteiger partial charge in [0.25, 0.3) is 0 Å². The number of aliphatic imine (C=N–C) groups is 1. The molecule has 1 aliphatic rings. The largest absolute Gasteiger partial charge is 0.357 e. The van der Waals surface area contributed by atoms with Gasteiger partial charge >= 0.3 is 0 Å². The van der Waals surface area contributed by atoms with Crippen molar-refractivity contribution in [2.24, 2.45) is 4.99 Å². The second kappa shape index (κ2) is 12.9. The van der Waals surface area contributed by atoms with Crippen LogP contribution in [0.5, 0.6) is 0 Å². The molecule has 2 heterocycles. The van der Waals surface area contributed by atoms with E-state index in [0.717, 1.165) is 38.6 Å². The number of hydrogen-bond acceptors (Lipinski definition) is 4. The van der Waals surface area contributed by atoms with Gasteiger partial charge in [0.15, 0.2) is 5.96 Å². The van der Waals surface area contributed by atoms with Crippen molar-refractivity contribution in [3.05, 3.63) is 22.4 Å². The van der Waals surface area contributed by atoms with Crippen molar-refractivity contribution in [2.45, 2.75) is 20.3 Å². The van der Waals surface area contributed by atoms with Gasteiger partial charge in [-0.2, -0.15) is 0 Å². The quantitative estimate of drug-likeness (QED) is 0.351. The third kappa shape index (κ3) is 8.13. The van der Waals surface area contributed by atoms with Crippen LogP contribution in [0, 0.1) is 0 Å². The average molecular weight is 465 g/mol. The Morgan fingerprint density at radius 2 is 1.92 bits per heavy atom. The minimum absolute atomic E-state index is 0. The first kappa shape index (κ1) is 21.7. The lowest BCUT2D eigenvalue weighted by Crippen LogP contribution is -2.47. The van der Waals surface area contributed by atoms with E-state index in [9.17, 15) is 0 Å². The molecule has 5 nitrogen and oxygen atoms in total. The van der Waals surface area contributed by atoms with E-state index in [1.807, 2.05) is 11.3 Å². The first-order valence-corrected chi connectivity index (χ1v) is 9.69. The van der Waals surface area contributed by atoms with Crippen LogP contribution in [0.25, 0.3) is 0 Å². The molecule has 0 aliphatic carbocycles. The Balaban J connectivity index is 0.00000288. The number of rotatable bonds is 8. The summed E-state index contributed by atoms with van der Waals surface area (Å²) in [6, 6.07) is 4.30. The summed E-state index contributed by atoms with van der Waals surface area (Å²) in [7, 11) is 0. The molecule has 138 valence electrons. The van der Waals surface area contributed by atoms with Gasteiger partial charge in [0.2, 0.25) is 0 Å². The number of nitrogens with zero attached hydrogens (tertiary/aromatic N) is 3. The zero-order valence-electron chi connectivity index (χ0n) is 15.0. The molecule has 2 rings (SSSR count). The normalized spacial score (nSPS) is 16.7. The van der Waals surface area contributed by atoms with Crippen LogP contribution >= 0.6 is 35.3 Å². The van der Waals surface area contributed by atoms with Crippen LogP contribution in [0.1, 0.15) is 18.7 Å². The fourth-order valence-electron chi connectivity index (χ4n) is 2.73. The number of nitrogens with one attached hydrogen (secondary N) is 2. The molecular formula is C17H32IN5S. The smallest absolute Gasteiger partial charge is 0.191 e. The van der Waals surface area contributed by atoms with E-state index in [2.05, 4.69) is 51.8 Å². The monoisotopic (exact) mass is 465 g/mol. The van der Waals surface area contributed by atoms with Crippen molar-refractivity contribution in [1.82, 2.24) is 20.4 Å². The molecule has 0 atom stereocenters. The SMILES string of the molecule is CCNC(=NCCN1CCN(CC)CC1)NCCc1cccs1.I. The molecule has 0 radical (unpaired) electrons. The lowest BCUT2D eigenvalue weighted by Gasteiger charge is -2.33. The molecule has 0 amide bonds. The molecule has 0 spiro atoms. The molecule has 0 unspecified atom stereocenters. The Kier molecular flexibility index (Phi) is 11.7. The number of piperazine rings is 1. The Labute approximate surface area is 167 Å². The van der Waals surface area contributed by atoms with Crippen molar-refractivity contribution in [3.8, 4) is 0 Å². The van der Waals surface area contributed by atoms with Crippen LogP contribution in [0.15, 0.2) is 22.5 Å². The van der Waals surface area contributed by atoms with E-state index < -0.39 is 0 Å². The summed E-state index contributed by atoms with van der Waals surface area (Å²) in [5, 5.41) is 8.90. The maximum absolute atomic E-state index is 4.71. The van der Waals surface area contributed by atoms with Gasteiger partial charge in [-0.25, -0.2) is 0 Å². The maximum Gasteiger partial charge on any atom is 0.191 e. The highest BCUT2D eigenvalue weighted by molar-refractivity contribution is 14.0. The van der Waals surface area contributed by atoms with Crippen molar-refractivity contribution in [2.75, 3.05) is 58.9 Å². The minimum atomic E-state index is 0. The molecular weight excluding hydrogens is 433 g/mol. The molecule has 0 aromatic carbocycles. The van der Waals surface area contributed by atoms with Gasteiger partial charge in [-0.1, -0.05) is 13.0 Å². The van der Waals surface area contributed by atoms with Gasteiger partial charge in [-0.05, 0) is 31.3 Å². The first-order chi connectivity index (χ1) is 11.3. The second-order valence-electron chi connectivity index (χ2n) is 5.79. The fraction of sp³-hybridized carbons (Fsp3) is 0.706. The molecule has 0 saturated carbocycles. The highest BCUT2D eigenvalue weighted by atomic mass is 127. The molecule has 1 aromatic heterocycles. The number of likely N-dealkylation sites (N-methyl/N-ethyl adjacent to an activating group) is 1. The third-order valence-corrected chi connectivity index (χ3v) is 5.12. The summed E-state index contributed by atoms with van der Waals surface area (Å²) < 4.78 is 0. The third-order valence-electron chi connectivity index (χ3n) is 4.19. The second-order valence-corrected chi connectivity index (χ2v) is 6.82. The number of halogens is 1. The molecule has 24 heavy (non-hydrogen) atoms. The fourth-order valence-corrected chi connectivity index (χ4v) is 3.44. The topological polar surface area (TPSA) is 42.9 Å². The molecule has 1 saturated heterocycles. The highest BCUT2D eigenvalue weighted by Crippen LogP contribution is 2.08. The van der Waals surface area contributed by atoms with Crippen molar-refractivity contribution in [3.63, 3.8) is 0 Å². The number of hydrogen-bond donors (Lipinski definition) is 2. The molecule has 0 bridgehead atoms. The van der Waals surface area contributed by atoms with Crippen LogP contribution in [-0.2, 0) is 6.42 Å². The Hall–Kier alpha value is -0.380. The van der Waals surface area contributed by atoms with Gasteiger partial charge in [-0.3, -0.25) is 9.89 Å². The summed E-state index contributed by atoms with van der Waals surface area (Å²) in [4.78, 5) is 11.2. The van der Waals surface area contributed by atoms with Gasteiger partial charge < -0.3 is 15.5 Å². The zero-order chi connectivity index (χ0) is 16.3. The zero-order valence-corrected chi connectivity index (χ0v) is 18.1. The van der Waals surface area contributed by atoms with E-state index in [0.29, 0.717) is 0 Å². The summed E-state index contributed by atoms with van der Waals surface area (Å²) in [5.74, 6) is 0.941. The highest BCUT2D eigenvalue weighted by Gasteiger charge is 2.14. The summed E-state index contributed by atoms with van der Waals surface area (Å²) in [5.41, 5.74) is 0. The summed E-state index contributed by atoms with van der Waals surface area (Å²) in [6.45, 7) is 14.0. The van der Waals surface area contributed by atoms with Gasteiger partial charge in [0.05, 0.1) is 6.54 Å². The van der Waals surface area contributed by atoms with Gasteiger partial charge in [0, 0.05) is 50.7 Å². The van der Waals surface area contributed by atoms with E-state index in [-0.39, 0.29) is 24.0 Å². The van der Waals surface area contributed by atoms with Crippen LogP contribution in [0.4, 0.5) is 0 Å². The minimum Gasteiger partial charge on any atom is -0.357 e. The Morgan fingerprint density at radius 3 is 2.54 bits per heavy atom.